The average molecular weight is 363 g/mol. The van der Waals surface area contributed by atoms with Crippen LogP contribution in [0.1, 0.15) is 102 Å². The third kappa shape index (κ3) is 3.60. The van der Waals surface area contributed by atoms with Crippen molar-refractivity contribution in [3.63, 3.8) is 0 Å². The molecule has 0 N–H and O–H groups in total. The standard InChI is InChI=1S/C27H38/c1-7-10-11-12-17-27(9-3)24-18-20(8-2)13-15-22(24)23-16-14-21(19-25(23)27)26(4,5)6/h13-16,18-19H,7-12,17H2,1-6H3. The average Bonchev–Trinajstić information content (AvgIpc) is 2.93. The quantitative estimate of drug-likeness (QED) is 0.435. The molecule has 0 saturated carbocycles. The van der Waals surface area contributed by atoms with Gasteiger partial charge in [0.2, 0.25) is 0 Å². The van der Waals surface area contributed by atoms with Crippen LogP contribution in [-0.2, 0) is 17.3 Å². The maximum atomic E-state index is 2.55. The molecule has 27 heavy (non-hydrogen) atoms. The highest BCUT2D eigenvalue weighted by molar-refractivity contribution is 5.81. The molecule has 1 aliphatic carbocycles. The van der Waals surface area contributed by atoms with Crippen molar-refractivity contribution in [3.8, 4) is 11.1 Å². The molecule has 0 spiro atoms. The van der Waals surface area contributed by atoms with Crippen molar-refractivity contribution < 1.29 is 0 Å². The Balaban J connectivity index is 2.15. The number of aryl methyl sites for hydroxylation is 1. The maximum Gasteiger partial charge on any atom is 0.0212 e. The minimum atomic E-state index is 0.195. The number of hydrogen-bond acceptors (Lipinski definition) is 0. The van der Waals surface area contributed by atoms with E-state index in [1.807, 2.05) is 0 Å². The molecule has 0 fully saturated rings. The van der Waals surface area contributed by atoms with Crippen LogP contribution in [0.2, 0.25) is 0 Å². The van der Waals surface area contributed by atoms with Gasteiger partial charge in [0, 0.05) is 5.41 Å². The normalized spacial score (nSPS) is 18.4. The fourth-order valence-corrected chi connectivity index (χ4v) is 4.91. The van der Waals surface area contributed by atoms with Crippen LogP contribution < -0.4 is 0 Å². The Hall–Kier alpha value is -1.56. The molecule has 1 atom stereocenters. The van der Waals surface area contributed by atoms with Crippen molar-refractivity contribution in [2.45, 2.75) is 97.3 Å². The molecular weight excluding hydrogens is 324 g/mol. The van der Waals surface area contributed by atoms with E-state index in [1.54, 1.807) is 11.1 Å². The number of fused-ring (bicyclic) bond motifs is 3. The number of hydrogen-bond donors (Lipinski definition) is 0. The van der Waals surface area contributed by atoms with Crippen molar-refractivity contribution in [2.24, 2.45) is 0 Å². The minimum Gasteiger partial charge on any atom is -0.0654 e. The predicted octanol–water partition coefficient (Wildman–Crippen LogP) is 8.19. The molecule has 0 aromatic heterocycles. The molecule has 0 aliphatic heterocycles. The third-order valence-electron chi connectivity index (χ3n) is 6.76. The fourth-order valence-electron chi connectivity index (χ4n) is 4.91. The van der Waals surface area contributed by atoms with Crippen molar-refractivity contribution >= 4 is 0 Å². The second-order valence-corrected chi connectivity index (χ2v) is 9.49. The largest absolute Gasteiger partial charge is 0.0654 e. The number of unbranched alkanes of at least 4 members (excludes halogenated alkanes) is 3. The van der Waals surface area contributed by atoms with Gasteiger partial charge in [0.05, 0.1) is 0 Å². The highest BCUT2D eigenvalue weighted by atomic mass is 14.4. The number of rotatable bonds is 7. The van der Waals surface area contributed by atoms with E-state index in [9.17, 15) is 0 Å². The molecule has 3 rings (SSSR count). The topological polar surface area (TPSA) is 0 Å². The summed E-state index contributed by atoms with van der Waals surface area (Å²) in [4.78, 5) is 0. The van der Waals surface area contributed by atoms with Crippen LogP contribution in [0, 0.1) is 0 Å². The van der Waals surface area contributed by atoms with Crippen LogP contribution in [0.4, 0.5) is 0 Å². The Morgan fingerprint density at radius 3 is 2.04 bits per heavy atom. The molecule has 0 radical (unpaired) electrons. The predicted molar refractivity (Wildman–Crippen MR) is 120 cm³/mol. The van der Waals surface area contributed by atoms with Crippen molar-refractivity contribution in [1.29, 1.82) is 0 Å². The fraction of sp³-hybridized carbons (Fsp3) is 0.556. The molecule has 2 aromatic rings. The molecule has 0 heterocycles. The van der Waals surface area contributed by atoms with E-state index in [-0.39, 0.29) is 10.8 Å². The molecule has 1 unspecified atom stereocenters. The highest BCUT2D eigenvalue weighted by Gasteiger charge is 2.41. The Morgan fingerprint density at radius 1 is 0.778 bits per heavy atom. The van der Waals surface area contributed by atoms with Gasteiger partial charge < -0.3 is 0 Å². The van der Waals surface area contributed by atoms with Crippen LogP contribution in [0.5, 0.6) is 0 Å². The summed E-state index contributed by atoms with van der Waals surface area (Å²) in [5, 5.41) is 0. The lowest BCUT2D eigenvalue weighted by atomic mass is 9.71. The van der Waals surface area contributed by atoms with Gasteiger partial charge in [-0.1, -0.05) is 104 Å². The molecule has 0 saturated heterocycles. The van der Waals surface area contributed by atoms with Crippen LogP contribution in [0.15, 0.2) is 36.4 Å². The van der Waals surface area contributed by atoms with E-state index < -0.39 is 0 Å². The summed E-state index contributed by atoms with van der Waals surface area (Å²) < 4.78 is 0. The van der Waals surface area contributed by atoms with Crippen LogP contribution in [0.3, 0.4) is 0 Å². The van der Waals surface area contributed by atoms with Gasteiger partial charge in [-0.15, -0.1) is 0 Å². The van der Waals surface area contributed by atoms with Crippen molar-refractivity contribution in [2.75, 3.05) is 0 Å². The molecule has 0 nitrogen and oxygen atoms in total. The Kier molecular flexibility index (Phi) is 5.84. The first-order valence-corrected chi connectivity index (χ1v) is 11.2. The molecule has 0 bridgehead atoms. The van der Waals surface area contributed by atoms with Crippen LogP contribution in [-0.4, -0.2) is 0 Å². The zero-order valence-electron chi connectivity index (χ0n) is 18.4. The monoisotopic (exact) mass is 362 g/mol. The zero-order valence-corrected chi connectivity index (χ0v) is 18.4. The zero-order chi connectivity index (χ0) is 19.7. The first-order chi connectivity index (χ1) is 12.9. The first kappa shape index (κ1) is 20.2. The van der Waals surface area contributed by atoms with E-state index >= 15 is 0 Å². The van der Waals surface area contributed by atoms with Gasteiger partial charge >= 0.3 is 0 Å². The summed E-state index contributed by atoms with van der Waals surface area (Å²) in [5.74, 6) is 0. The molecule has 146 valence electrons. The van der Waals surface area contributed by atoms with Gasteiger partial charge in [0.25, 0.3) is 0 Å². The lowest BCUT2D eigenvalue weighted by molar-refractivity contribution is 0.435. The van der Waals surface area contributed by atoms with Gasteiger partial charge in [0.1, 0.15) is 0 Å². The molecule has 2 aromatic carbocycles. The summed E-state index contributed by atoms with van der Waals surface area (Å²) in [6.07, 6.45) is 8.94. The Morgan fingerprint density at radius 2 is 1.44 bits per heavy atom. The lowest BCUT2D eigenvalue weighted by Crippen LogP contribution is -2.25. The first-order valence-electron chi connectivity index (χ1n) is 11.2. The van der Waals surface area contributed by atoms with Crippen LogP contribution >= 0.6 is 0 Å². The second kappa shape index (κ2) is 7.82. The maximum absolute atomic E-state index is 2.55. The van der Waals surface area contributed by atoms with E-state index in [1.165, 1.54) is 60.8 Å². The minimum absolute atomic E-state index is 0.195. The third-order valence-corrected chi connectivity index (χ3v) is 6.76. The lowest BCUT2D eigenvalue weighted by Gasteiger charge is -2.33. The van der Waals surface area contributed by atoms with Crippen molar-refractivity contribution in [3.05, 3.63) is 58.7 Å². The molecule has 1 aliphatic rings. The summed E-state index contributed by atoms with van der Waals surface area (Å²) in [5.41, 5.74) is 9.50. The van der Waals surface area contributed by atoms with E-state index in [0.717, 1.165) is 6.42 Å². The summed E-state index contributed by atoms with van der Waals surface area (Å²) in [6, 6.07) is 14.6. The molecule has 0 heteroatoms. The van der Waals surface area contributed by atoms with Gasteiger partial charge in [-0.05, 0) is 58.1 Å². The summed E-state index contributed by atoms with van der Waals surface area (Å²) in [6.45, 7) is 14.0. The van der Waals surface area contributed by atoms with Crippen LogP contribution in [0.25, 0.3) is 11.1 Å². The molecule has 0 amide bonds. The second-order valence-electron chi connectivity index (χ2n) is 9.49. The molecular formula is C27H38. The van der Waals surface area contributed by atoms with Gasteiger partial charge in [-0.2, -0.15) is 0 Å². The van der Waals surface area contributed by atoms with E-state index in [2.05, 4.69) is 77.9 Å². The smallest absolute Gasteiger partial charge is 0.0212 e. The van der Waals surface area contributed by atoms with Gasteiger partial charge in [-0.25, -0.2) is 0 Å². The summed E-state index contributed by atoms with van der Waals surface area (Å²) >= 11 is 0. The SMILES string of the molecule is CCCCCCC1(CC)c2cc(CC)ccc2-c2ccc(C(C)(C)C)cc21. The highest BCUT2D eigenvalue weighted by Crippen LogP contribution is 2.54. The van der Waals surface area contributed by atoms with Gasteiger partial charge in [0.15, 0.2) is 0 Å². The number of benzene rings is 2. The van der Waals surface area contributed by atoms with E-state index in [0.29, 0.717) is 0 Å². The Bertz CT molecular complexity index is 790. The summed E-state index contributed by atoms with van der Waals surface area (Å²) in [7, 11) is 0. The van der Waals surface area contributed by atoms with Gasteiger partial charge in [-0.3, -0.25) is 0 Å². The van der Waals surface area contributed by atoms with E-state index in [4.69, 9.17) is 0 Å². The van der Waals surface area contributed by atoms with Crippen molar-refractivity contribution in [1.82, 2.24) is 0 Å². The Labute approximate surface area is 167 Å².